The third-order valence-corrected chi connectivity index (χ3v) is 4.43. The van der Waals surface area contributed by atoms with Crippen molar-refractivity contribution in [1.29, 1.82) is 0 Å². The van der Waals surface area contributed by atoms with Gasteiger partial charge in [0, 0.05) is 12.4 Å². The summed E-state index contributed by atoms with van der Waals surface area (Å²) < 4.78 is 0.285. The zero-order valence-corrected chi connectivity index (χ0v) is 13.9. The number of aliphatic carboxylic acids is 1. The number of carboxylic acids is 1. The highest BCUT2D eigenvalue weighted by molar-refractivity contribution is 8.26. The Balaban J connectivity index is 2.28. The van der Waals surface area contributed by atoms with Gasteiger partial charge in [0.15, 0.2) is 0 Å². The Bertz CT molecular complexity index is 629. The molecule has 5 nitrogen and oxygen atoms in total. The van der Waals surface area contributed by atoms with Gasteiger partial charge in [-0.3, -0.25) is 14.7 Å². The molecule has 1 aromatic rings. The third-order valence-electron chi connectivity index (χ3n) is 3.10. The fraction of sp³-hybridized carbons (Fsp3) is 0.333. The van der Waals surface area contributed by atoms with Gasteiger partial charge >= 0.3 is 5.97 Å². The summed E-state index contributed by atoms with van der Waals surface area (Å²) >= 11 is 6.33. The van der Waals surface area contributed by atoms with Crippen molar-refractivity contribution in [3.8, 4) is 0 Å². The molecule has 1 N–H and O–H groups in total. The topological polar surface area (TPSA) is 70.5 Å². The number of pyridine rings is 1. The first-order valence-electron chi connectivity index (χ1n) is 6.80. The fourth-order valence-electron chi connectivity index (χ4n) is 2.12. The van der Waals surface area contributed by atoms with Crippen LogP contribution in [-0.2, 0) is 9.59 Å². The van der Waals surface area contributed by atoms with Crippen molar-refractivity contribution in [2.45, 2.75) is 26.3 Å². The lowest BCUT2D eigenvalue weighted by Crippen LogP contribution is -2.44. The van der Waals surface area contributed by atoms with E-state index in [9.17, 15) is 14.7 Å². The maximum atomic E-state index is 12.5. The van der Waals surface area contributed by atoms with Crippen LogP contribution < -0.4 is 0 Å². The molecule has 0 spiro atoms. The second-order valence-electron chi connectivity index (χ2n) is 5.32. The number of amides is 1. The number of aromatic nitrogens is 1. The number of rotatable bonds is 5. The first-order chi connectivity index (χ1) is 10.4. The average Bonchev–Trinajstić information content (AvgIpc) is 2.72. The monoisotopic (exact) mass is 336 g/mol. The summed E-state index contributed by atoms with van der Waals surface area (Å²) in [7, 11) is 0. The van der Waals surface area contributed by atoms with Crippen LogP contribution >= 0.6 is 24.0 Å². The molecule has 1 saturated heterocycles. The van der Waals surface area contributed by atoms with Crippen molar-refractivity contribution < 1.29 is 14.7 Å². The molecule has 1 aromatic heterocycles. The number of carboxylic acid groups (broad SMARTS) is 1. The van der Waals surface area contributed by atoms with Crippen LogP contribution in [-0.4, -0.2) is 37.2 Å². The number of hydrogen-bond acceptors (Lipinski definition) is 5. The first-order valence-corrected chi connectivity index (χ1v) is 8.02. The lowest BCUT2D eigenvalue weighted by molar-refractivity contribution is -0.145. The van der Waals surface area contributed by atoms with Gasteiger partial charge in [-0.25, -0.2) is 4.79 Å². The number of thioether (sulfide) groups is 1. The molecule has 1 amide bonds. The molecule has 0 radical (unpaired) electrons. The van der Waals surface area contributed by atoms with Crippen LogP contribution in [0.1, 0.15) is 25.8 Å². The SMILES string of the molecule is CC(C)C[C@@H](C(=O)O)N1C(=O)/C(=C\c2cccnc2)SC1=S. The fourth-order valence-corrected chi connectivity index (χ4v) is 3.48. The minimum Gasteiger partial charge on any atom is -0.480 e. The summed E-state index contributed by atoms with van der Waals surface area (Å²) in [6, 6.07) is 2.67. The zero-order valence-electron chi connectivity index (χ0n) is 12.2. The van der Waals surface area contributed by atoms with Gasteiger partial charge in [-0.15, -0.1) is 0 Å². The van der Waals surface area contributed by atoms with Crippen molar-refractivity contribution in [2.24, 2.45) is 5.92 Å². The Morgan fingerprint density at radius 2 is 2.27 bits per heavy atom. The van der Waals surface area contributed by atoms with Crippen molar-refractivity contribution >= 4 is 46.3 Å². The van der Waals surface area contributed by atoms with Gasteiger partial charge in [-0.2, -0.15) is 0 Å². The van der Waals surface area contributed by atoms with Gasteiger partial charge < -0.3 is 5.11 Å². The molecule has 0 unspecified atom stereocenters. The Morgan fingerprint density at radius 3 is 2.82 bits per heavy atom. The van der Waals surface area contributed by atoms with Gasteiger partial charge in [0.2, 0.25) is 0 Å². The maximum Gasteiger partial charge on any atom is 0.326 e. The van der Waals surface area contributed by atoms with Crippen LogP contribution in [0.3, 0.4) is 0 Å². The maximum absolute atomic E-state index is 12.5. The first kappa shape index (κ1) is 16.6. The highest BCUT2D eigenvalue weighted by atomic mass is 32.2. The highest BCUT2D eigenvalue weighted by Gasteiger charge is 2.40. The highest BCUT2D eigenvalue weighted by Crippen LogP contribution is 2.35. The van der Waals surface area contributed by atoms with E-state index in [1.54, 1.807) is 24.5 Å². The summed E-state index contributed by atoms with van der Waals surface area (Å²) in [6.07, 6.45) is 5.32. The number of hydrogen-bond donors (Lipinski definition) is 1. The minimum absolute atomic E-state index is 0.146. The molecule has 1 atom stereocenters. The van der Waals surface area contributed by atoms with Crippen LogP contribution in [0.2, 0.25) is 0 Å². The van der Waals surface area contributed by atoms with E-state index >= 15 is 0 Å². The smallest absolute Gasteiger partial charge is 0.326 e. The van der Waals surface area contributed by atoms with E-state index in [2.05, 4.69) is 4.98 Å². The number of thiocarbonyl (C=S) groups is 1. The molecule has 116 valence electrons. The molecule has 0 aliphatic carbocycles. The summed E-state index contributed by atoms with van der Waals surface area (Å²) in [6.45, 7) is 3.83. The summed E-state index contributed by atoms with van der Waals surface area (Å²) in [5.74, 6) is -1.24. The second kappa shape index (κ2) is 7.02. The summed E-state index contributed by atoms with van der Waals surface area (Å²) in [4.78, 5) is 29.6. The van der Waals surface area contributed by atoms with Crippen LogP contribution in [0.25, 0.3) is 6.08 Å². The number of carbonyl (C=O) groups excluding carboxylic acids is 1. The van der Waals surface area contributed by atoms with Crippen LogP contribution in [0.5, 0.6) is 0 Å². The molecule has 7 heteroatoms. The van der Waals surface area contributed by atoms with Gasteiger partial charge in [0.05, 0.1) is 4.91 Å². The molecule has 2 heterocycles. The minimum atomic E-state index is -1.03. The third kappa shape index (κ3) is 3.72. The van der Waals surface area contributed by atoms with E-state index in [1.165, 1.54) is 4.90 Å². The Labute approximate surface area is 138 Å². The number of nitrogens with zero attached hydrogens (tertiary/aromatic N) is 2. The van der Waals surface area contributed by atoms with Crippen molar-refractivity contribution in [3.05, 3.63) is 35.0 Å². The average molecular weight is 336 g/mol. The molecule has 0 aromatic carbocycles. The predicted octanol–water partition coefficient (Wildman–Crippen LogP) is 2.78. The molecular formula is C15H16N2O3S2. The van der Waals surface area contributed by atoms with Gasteiger partial charge in [-0.05, 0) is 30.0 Å². The summed E-state index contributed by atoms with van der Waals surface area (Å²) in [5.41, 5.74) is 0.777. The molecule has 0 bridgehead atoms. The Hall–Kier alpha value is -1.73. The van der Waals surface area contributed by atoms with E-state index in [4.69, 9.17) is 12.2 Å². The largest absolute Gasteiger partial charge is 0.480 e. The van der Waals surface area contributed by atoms with E-state index in [0.29, 0.717) is 11.3 Å². The second-order valence-corrected chi connectivity index (χ2v) is 7.00. The summed E-state index contributed by atoms with van der Waals surface area (Å²) in [5, 5.41) is 9.40. The molecule has 2 rings (SSSR count). The molecule has 1 aliphatic rings. The van der Waals surface area contributed by atoms with Crippen LogP contribution in [0, 0.1) is 5.92 Å². The van der Waals surface area contributed by atoms with Gasteiger partial charge in [0.25, 0.3) is 5.91 Å². The van der Waals surface area contributed by atoms with E-state index < -0.39 is 12.0 Å². The zero-order chi connectivity index (χ0) is 16.3. The normalized spacial score (nSPS) is 18.3. The van der Waals surface area contributed by atoms with Gasteiger partial charge in [-0.1, -0.05) is 43.9 Å². The predicted molar refractivity (Wildman–Crippen MR) is 90.1 cm³/mol. The van der Waals surface area contributed by atoms with Crippen molar-refractivity contribution in [3.63, 3.8) is 0 Å². The van der Waals surface area contributed by atoms with Crippen LogP contribution in [0.4, 0.5) is 0 Å². The molecular weight excluding hydrogens is 320 g/mol. The molecule has 0 saturated carbocycles. The van der Waals surface area contributed by atoms with E-state index in [-0.39, 0.29) is 16.1 Å². The van der Waals surface area contributed by atoms with E-state index in [1.807, 2.05) is 19.9 Å². The Morgan fingerprint density at radius 1 is 1.55 bits per heavy atom. The van der Waals surface area contributed by atoms with Crippen LogP contribution in [0.15, 0.2) is 29.4 Å². The lowest BCUT2D eigenvalue weighted by Gasteiger charge is -2.24. The van der Waals surface area contributed by atoms with Crippen molar-refractivity contribution in [1.82, 2.24) is 9.88 Å². The Kier molecular flexibility index (Phi) is 5.31. The molecule has 22 heavy (non-hydrogen) atoms. The quantitative estimate of drug-likeness (QED) is 0.658. The van der Waals surface area contributed by atoms with E-state index in [0.717, 1.165) is 17.3 Å². The van der Waals surface area contributed by atoms with Gasteiger partial charge in [0.1, 0.15) is 10.4 Å². The lowest BCUT2D eigenvalue weighted by atomic mass is 10.0. The van der Waals surface area contributed by atoms with Crippen molar-refractivity contribution in [2.75, 3.05) is 0 Å². The molecule has 1 fully saturated rings. The number of carbonyl (C=O) groups is 2. The molecule has 1 aliphatic heterocycles. The standard InChI is InChI=1S/C15H16N2O3S2/c1-9(2)6-11(14(19)20)17-13(18)12(22-15(17)21)7-10-4-3-5-16-8-10/h3-5,7-9,11H,6H2,1-2H3,(H,19,20)/b12-7+/t11-/m0/s1.